The number of ketones is 1. The van der Waals surface area contributed by atoms with Crippen molar-refractivity contribution in [2.45, 2.75) is 67.9 Å². The number of amides is 2. The monoisotopic (exact) mass is 355 g/mol. The van der Waals surface area contributed by atoms with Gasteiger partial charge in [0.25, 0.3) is 0 Å². The number of hydrogen-bond donors (Lipinski definition) is 3. The molecule has 0 aliphatic heterocycles. The first-order chi connectivity index (χ1) is 11.1. The zero-order chi connectivity index (χ0) is 20.1. The van der Waals surface area contributed by atoms with E-state index >= 15 is 0 Å². The molecular formula is C19H37N3O3. The minimum Gasteiger partial charge on any atom is -0.353 e. The highest BCUT2D eigenvalue weighted by Gasteiger charge is 2.41. The lowest BCUT2D eigenvalue weighted by Crippen LogP contribution is -2.54. The van der Waals surface area contributed by atoms with E-state index in [1.165, 1.54) is 0 Å². The van der Waals surface area contributed by atoms with Crippen LogP contribution in [0.5, 0.6) is 0 Å². The van der Waals surface area contributed by atoms with E-state index in [0.29, 0.717) is 13.1 Å². The minimum absolute atomic E-state index is 0.0130. The highest BCUT2D eigenvalue weighted by molar-refractivity contribution is 5.95. The van der Waals surface area contributed by atoms with Crippen LogP contribution in [0.2, 0.25) is 0 Å². The van der Waals surface area contributed by atoms with E-state index in [9.17, 15) is 14.4 Å². The van der Waals surface area contributed by atoms with Crippen molar-refractivity contribution in [1.82, 2.24) is 16.0 Å². The molecule has 0 rings (SSSR count). The van der Waals surface area contributed by atoms with Crippen LogP contribution in [0.1, 0.15) is 61.8 Å². The van der Waals surface area contributed by atoms with Crippen molar-refractivity contribution in [3.63, 3.8) is 0 Å². The second-order valence-corrected chi connectivity index (χ2v) is 9.17. The lowest BCUT2D eigenvalue weighted by molar-refractivity contribution is -0.139. The topological polar surface area (TPSA) is 87.3 Å². The summed E-state index contributed by atoms with van der Waals surface area (Å²) >= 11 is 0. The van der Waals surface area contributed by atoms with Crippen LogP contribution in [0, 0.1) is 16.2 Å². The molecule has 0 aromatic heterocycles. The van der Waals surface area contributed by atoms with Gasteiger partial charge in [-0.1, -0.05) is 55.4 Å². The van der Waals surface area contributed by atoms with Gasteiger partial charge in [0.05, 0.1) is 0 Å². The molecule has 0 heterocycles. The summed E-state index contributed by atoms with van der Waals surface area (Å²) in [6, 6.07) is -0.863. The number of nitrogens with one attached hydrogen (secondary N) is 3. The summed E-state index contributed by atoms with van der Waals surface area (Å²) in [5.74, 6) is -0.614. The highest BCUT2D eigenvalue weighted by atomic mass is 16.2. The van der Waals surface area contributed by atoms with Crippen LogP contribution in [0.25, 0.3) is 0 Å². The second-order valence-electron chi connectivity index (χ2n) is 9.17. The van der Waals surface area contributed by atoms with Crippen LogP contribution >= 0.6 is 0 Å². The molecule has 0 saturated heterocycles. The van der Waals surface area contributed by atoms with Crippen LogP contribution in [-0.2, 0) is 14.4 Å². The quantitative estimate of drug-likeness (QED) is 0.580. The van der Waals surface area contributed by atoms with E-state index in [0.717, 1.165) is 0 Å². The van der Waals surface area contributed by atoms with Crippen molar-refractivity contribution in [1.29, 1.82) is 0 Å². The molecular weight excluding hydrogens is 318 g/mol. The third-order valence-electron chi connectivity index (χ3n) is 4.96. The molecule has 1 atom stereocenters. The molecule has 0 spiro atoms. The van der Waals surface area contributed by atoms with E-state index in [2.05, 4.69) is 16.0 Å². The molecule has 0 aliphatic rings. The molecule has 0 saturated carbocycles. The van der Waals surface area contributed by atoms with Gasteiger partial charge < -0.3 is 16.0 Å². The molecule has 0 aromatic carbocycles. The molecule has 0 bridgehead atoms. The largest absolute Gasteiger partial charge is 0.353 e. The first kappa shape index (κ1) is 23.6. The summed E-state index contributed by atoms with van der Waals surface area (Å²) in [7, 11) is 1.79. The van der Waals surface area contributed by atoms with E-state index in [-0.39, 0.29) is 29.4 Å². The molecule has 3 N–H and O–H groups in total. The fraction of sp³-hybridized carbons (Fsp3) is 0.842. The van der Waals surface area contributed by atoms with Crippen molar-refractivity contribution in [2.24, 2.45) is 16.2 Å². The Hall–Kier alpha value is -1.43. The normalized spacial score (nSPS) is 14.0. The van der Waals surface area contributed by atoms with Gasteiger partial charge in [-0.3, -0.25) is 14.4 Å². The molecule has 0 radical (unpaired) electrons. The van der Waals surface area contributed by atoms with Crippen molar-refractivity contribution >= 4 is 17.6 Å². The Morgan fingerprint density at radius 3 is 1.80 bits per heavy atom. The van der Waals surface area contributed by atoms with Crippen molar-refractivity contribution < 1.29 is 14.4 Å². The second kappa shape index (κ2) is 8.79. The molecule has 2 amide bonds. The lowest BCUT2D eigenvalue weighted by Gasteiger charge is -2.38. The number of carbonyl (C=O) groups excluding carboxylic acids is 3. The van der Waals surface area contributed by atoms with Crippen LogP contribution in [0.4, 0.5) is 0 Å². The van der Waals surface area contributed by atoms with Crippen LogP contribution in [-0.4, -0.2) is 43.8 Å². The van der Waals surface area contributed by atoms with E-state index < -0.39 is 16.9 Å². The van der Waals surface area contributed by atoms with Crippen molar-refractivity contribution in [3.8, 4) is 0 Å². The Balaban J connectivity index is 5.28. The van der Waals surface area contributed by atoms with E-state index in [1.807, 2.05) is 55.4 Å². The van der Waals surface area contributed by atoms with Gasteiger partial charge in [0.2, 0.25) is 11.8 Å². The summed E-state index contributed by atoms with van der Waals surface area (Å²) in [6.07, 6.45) is -0.0130. The standard InChI is InChI=1S/C19H37N3O3/c1-17(2,3)14(23)12-13(15(24)21-11-10-20-9)22-16(25)19(7,8)18(4,5)6/h13,20H,10-12H2,1-9H3,(H,21,24)(H,22,25). The number of rotatable bonds is 8. The molecule has 146 valence electrons. The smallest absolute Gasteiger partial charge is 0.243 e. The fourth-order valence-corrected chi connectivity index (χ4v) is 1.81. The number of carbonyl (C=O) groups is 3. The average Bonchev–Trinajstić information content (AvgIpc) is 2.44. The fourth-order valence-electron chi connectivity index (χ4n) is 1.81. The number of likely N-dealkylation sites (N-methyl/N-ethyl adjacent to an activating group) is 1. The third-order valence-corrected chi connectivity index (χ3v) is 4.96. The molecule has 1 unspecified atom stereocenters. The first-order valence-corrected chi connectivity index (χ1v) is 8.91. The molecule has 0 aromatic rings. The maximum absolute atomic E-state index is 12.8. The lowest BCUT2D eigenvalue weighted by atomic mass is 9.68. The third kappa shape index (κ3) is 7.14. The van der Waals surface area contributed by atoms with Crippen molar-refractivity contribution in [3.05, 3.63) is 0 Å². The average molecular weight is 356 g/mol. The van der Waals surface area contributed by atoms with Gasteiger partial charge in [-0.05, 0) is 12.5 Å². The van der Waals surface area contributed by atoms with Gasteiger partial charge in [0, 0.05) is 30.3 Å². The summed E-state index contributed by atoms with van der Waals surface area (Å²) in [5, 5.41) is 8.51. The summed E-state index contributed by atoms with van der Waals surface area (Å²) in [6.45, 7) is 16.1. The maximum atomic E-state index is 12.8. The Bertz CT molecular complexity index is 485. The van der Waals surface area contributed by atoms with Crippen LogP contribution in [0.3, 0.4) is 0 Å². The van der Waals surface area contributed by atoms with E-state index in [4.69, 9.17) is 0 Å². The predicted molar refractivity (Wildman–Crippen MR) is 101 cm³/mol. The first-order valence-electron chi connectivity index (χ1n) is 8.91. The molecule has 6 nitrogen and oxygen atoms in total. The summed E-state index contributed by atoms with van der Waals surface area (Å²) < 4.78 is 0. The van der Waals surface area contributed by atoms with Gasteiger partial charge in [0.1, 0.15) is 11.8 Å². The Labute approximate surface area is 152 Å². The SMILES string of the molecule is CNCCNC(=O)C(CC(=O)C(C)(C)C)NC(=O)C(C)(C)C(C)(C)C. The van der Waals surface area contributed by atoms with Crippen LogP contribution in [0.15, 0.2) is 0 Å². The molecule has 6 heteroatoms. The highest BCUT2D eigenvalue weighted by Crippen LogP contribution is 2.38. The summed E-state index contributed by atoms with van der Waals surface area (Å²) in [4.78, 5) is 37.7. The predicted octanol–water partition coefficient (Wildman–Crippen LogP) is 1.88. The van der Waals surface area contributed by atoms with Gasteiger partial charge in [0.15, 0.2) is 0 Å². The minimum atomic E-state index is -0.863. The van der Waals surface area contributed by atoms with Gasteiger partial charge >= 0.3 is 0 Å². The van der Waals surface area contributed by atoms with Gasteiger partial charge in [-0.25, -0.2) is 0 Å². The van der Waals surface area contributed by atoms with Gasteiger partial charge in [-0.2, -0.15) is 0 Å². The zero-order valence-electron chi connectivity index (χ0n) is 17.4. The Kier molecular flexibility index (Phi) is 8.28. The van der Waals surface area contributed by atoms with E-state index in [1.54, 1.807) is 7.05 Å². The number of hydrogen-bond acceptors (Lipinski definition) is 4. The summed E-state index contributed by atoms with van der Waals surface area (Å²) in [5.41, 5.74) is -1.52. The zero-order valence-corrected chi connectivity index (χ0v) is 17.4. The van der Waals surface area contributed by atoms with Crippen LogP contribution < -0.4 is 16.0 Å². The maximum Gasteiger partial charge on any atom is 0.243 e. The Morgan fingerprint density at radius 1 is 0.880 bits per heavy atom. The Morgan fingerprint density at radius 2 is 1.40 bits per heavy atom. The number of Topliss-reactive ketones (excluding diaryl/α,β-unsaturated/α-hetero) is 1. The van der Waals surface area contributed by atoms with Crippen molar-refractivity contribution in [2.75, 3.05) is 20.1 Å². The molecule has 0 aliphatic carbocycles. The van der Waals surface area contributed by atoms with Gasteiger partial charge in [-0.15, -0.1) is 0 Å². The molecule has 0 fully saturated rings. The molecule has 25 heavy (non-hydrogen) atoms.